The maximum absolute atomic E-state index is 2.59. The van der Waals surface area contributed by atoms with Gasteiger partial charge < -0.3 is 0 Å². The van der Waals surface area contributed by atoms with Gasteiger partial charge in [0.05, 0.1) is 0 Å². The zero-order chi connectivity index (χ0) is 20.4. The highest BCUT2D eigenvalue weighted by Crippen LogP contribution is 2.45. The Hall–Kier alpha value is -2.08. The van der Waals surface area contributed by atoms with E-state index in [-0.39, 0.29) is 0 Å². The maximum atomic E-state index is 2.59. The first-order valence-corrected chi connectivity index (χ1v) is 11.8. The second-order valence-electron chi connectivity index (χ2n) is 9.18. The molecule has 29 heavy (non-hydrogen) atoms. The molecule has 4 rings (SSSR count). The lowest BCUT2D eigenvalue weighted by Crippen LogP contribution is -1.97. The zero-order valence-electron chi connectivity index (χ0n) is 18.6. The molecular formula is C29H36. The Morgan fingerprint density at radius 1 is 0.655 bits per heavy atom. The van der Waals surface area contributed by atoms with Gasteiger partial charge in [0.25, 0.3) is 0 Å². The molecule has 2 aliphatic rings. The van der Waals surface area contributed by atoms with E-state index in [4.69, 9.17) is 0 Å². The number of rotatable bonds is 8. The van der Waals surface area contributed by atoms with Gasteiger partial charge in [-0.25, -0.2) is 0 Å². The summed E-state index contributed by atoms with van der Waals surface area (Å²) in [5.74, 6) is 2.52. The molecule has 0 aromatic heterocycles. The third-order valence-electron chi connectivity index (χ3n) is 7.42. The second-order valence-corrected chi connectivity index (χ2v) is 9.18. The topological polar surface area (TPSA) is 0 Å². The molecular weight excluding hydrogens is 348 g/mol. The van der Waals surface area contributed by atoms with E-state index in [9.17, 15) is 0 Å². The van der Waals surface area contributed by atoms with Crippen molar-refractivity contribution in [2.45, 2.75) is 71.6 Å². The Bertz CT molecular complexity index is 838. The molecule has 2 aromatic carbocycles. The van der Waals surface area contributed by atoms with Gasteiger partial charge in [0.1, 0.15) is 0 Å². The van der Waals surface area contributed by atoms with Crippen LogP contribution in [-0.2, 0) is 0 Å². The first kappa shape index (κ1) is 20.2. The summed E-state index contributed by atoms with van der Waals surface area (Å²) in [5, 5.41) is 0. The van der Waals surface area contributed by atoms with Crippen LogP contribution in [0.3, 0.4) is 0 Å². The van der Waals surface area contributed by atoms with Crippen LogP contribution >= 0.6 is 0 Å². The lowest BCUT2D eigenvalue weighted by atomic mass is 9.90. The van der Waals surface area contributed by atoms with Gasteiger partial charge in [0.2, 0.25) is 0 Å². The lowest BCUT2D eigenvalue weighted by molar-refractivity contribution is 0.611. The van der Waals surface area contributed by atoms with Gasteiger partial charge in [-0.1, -0.05) is 94.8 Å². The number of benzene rings is 2. The van der Waals surface area contributed by atoms with E-state index in [0.717, 1.165) is 0 Å². The Morgan fingerprint density at radius 3 is 1.48 bits per heavy atom. The number of hydrogen-bond donors (Lipinski definition) is 0. The SMILES string of the molecule is CCC(C)C1=CC(CCCC2C=C(C(C)CC)c3ccccc32)c2ccccc21. The van der Waals surface area contributed by atoms with Crippen LogP contribution in [0.4, 0.5) is 0 Å². The van der Waals surface area contributed by atoms with Crippen molar-refractivity contribution in [2.24, 2.45) is 11.8 Å². The molecule has 0 amide bonds. The van der Waals surface area contributed by atoms with Gasteiger partial charge in [-0.05, 0) is 70.9 Å². The summed E-state index contributed by atoms with van der Waals surface area (Å²) in [6, 6.07) is 18.2. The number of allylic oxidation sites excluding steroid dienone is 4. The van der Waals surface area contributed by atoms with E-state index in [0.29, 0.717) is 23.7 Å². The molecule has 2 aromatic rings. The summed E-state index contributed by atoms with van der Waals surface area (Å²) in [7, 11) is 0. The molecule has 0 N–H and O–H groups in total. The monoisotopic (exact) mass is 384 g/mol. The average Bonchev–Trinajstić information content (AvgIpc) is 3.32. The second kappa shape index (κ2) is 8.74. The molecule has 0 spiro atoms. The van der Waals surface area contributed by atoms with Crippen LogP contribution in [0.25, 0.3) is 11.1 Å². The van der Waals surface area contributed by atoms with Gasteiger partial charge in [-0.3, -0.25) is 0 Å². The minimum absolute atomic E-state index is 0.602. The Balaban J connectivity index is 1.47. The molecule has 0 nitrogen and oxygen atoms in total. The van der Waals surface area contributed by atoms with Crippen LogP contribution in [0.1, 0.15) is 93.9 Å². The molecule has 0 radical (unpaired) electrons. The van der Waals surface area contributed by atoms with Crippen molar-refractivity contribution in [3.63, 3.8) is 0 Å². The standard InChI is InChI=1S/C29H36/c1-5-20(3)28-18-22(24-14-7-9-16-26(24)28)12-11-13-23-19-29(21(4)6-2)27-17-10-8-15-25(23)27/h7-10,14-23H,5-6,11-13H2,1-4H3. The van der Waals surface area contributed by atoms with E-state index in [1.165, 1.54) is 43.2 Å². The van der Waals surface area contributed by atoms with Crippen molar-refractivity contribution in [1.29, 1.82) is 0 Å². The van der Waals surface area contributed by atoms with Gasteiger partial charge in [0.15, 0.2) is 0 Å². The molecule has 0 bridgehead atoms. The molecule has 4 atom stereocenters. The van der Waals surface area contributed by atoms with Crippen molar-refractivity contribution >= 4 is 11.1 Å². The summed E-state index contributed by atoms with van der Waals surface area (Å²) >= 11 is 0. The number of fused-ring (bicyclic) bond motifs is 2. The molecule has 0 saturated heterocycles. The first-order valence-electron chi connectivity index (χ1n) is 11.8. The van der Waals surface area contributed by atoms with Crippen molar-refractivity contribution < 1.29 is 0 Å². The van der Waals surface area contributed by atoms with Crippen LogP contribution < -0.4 is 0 Å². The fourth-order valence-electron chi connectivity index (χ4n) is 5.29. The van der Waals surface area contributed by atoms with E-state index in [2.05, 4.69) is 88.4 Å². The summed E-state index contributed by atoms with van der Waals surface area (Å²) in [4.78, 5) is 0. The minimum atomic E-state index is 0.602. The molecule has 2 aliphatic carbocycles. The highest BCUT2D eigenvalue weighted by atomic mass is 14.3. The quantitative estimate of drug-likeness (QED) is 0.427. The highest BCUT2D eigenvalue weighted by molar-refractivity contribution is 5.77. The molecule has 0 heteroatoms. The molecule has 152 valence electrons. The molecule has 0 saturated carbocycles. The summed E-state index contributed by atoms with van der Waals surface area (Å²) in [6.07, 6.45) is 11.4. The van der Waals surface area contributed by atoms with Crippen LogP contribution in [0.5, 0.6) is 0 Å². The summed E-state index contributed by atoms with van der Waals surface area (Å²) in [6.45, 7) is 9.36. The molecule has 0 aliphatic heterocycles. The molecule has 0 heterocycles. The summed E-state index contributed by atoms with van der Waals surface area (Å²) in [5.41, 5.74) is 9.31. The van der Waals surface area contributed by atoms with E-state index in [1.807, 2.05) is 0 Å². The van der Waals surface area contributed by atoms with Gasteiger partial charge in [-0.15, -0.1) is 0 Å². The summed E-state index contributed by atoms with van der Waals surface area (Å²) < 4.78 is 0. The fraction of sp³-hybridized carbons (Fsp3) is 0.448. The molecule has 4 unspecified atom stereocenters. The number of hydrogen-bond acceptors (Lipinski definition) is 0. The minimum Gasteiger partial charge on any atom is -0.0729 e. The van der Waals surface area contributed by atoms with Crippen LogP contribution in [0.2, 0.25) is 0 Å². The average molecular weight is 385 g/mol. The highest BCUT2D eigenvalue weighted by Gasteiger charge is 2.27. The largest absolute Gasteiger partial charge is 0.0729 e. The normalized spacial score (nSPS) is 21.9. The van der Waals surface area contributed by atoms with Crippen LogP contribution in [0, 0.1) is 11.8 Å². The zero-order valence-corrected chi connectivity index (χ0v) is 18.6. The van der Waals surface area contributed by atoms with E-state index < -0.39 is 0 Å². The van der Waals surface area contributed by atoms with Crippen molar-refractivity contribution in [2.75, 3.05) is 0 Å². The molecule has 0 fully saturated rings. The van der Waals surface area contributed by atoms with Crippen LogP contribution in [0.15, 0.2) is 60.7 Å². The third kappa shape index (κ3) is 3.87. The smallest absolute Gasteiger partial charge is 0.00301 e. The van der Waals surface area contributed by atoms with Crippen molar-refractivity contribution in [3.05, 3.63) is 82.9 Å². The van der Waals surface area contributed by atoms with E-state index in [1.54, 1.807) is 22.3 Å². The Kier molecular flexibility index (Phi) is 6.09. The van der Waals surface area contributed by atoms with Crippen molar-refractivity contribution in [3.8, 4) is 0 Å². The maximum Gasteiger partial charge on any atom is 0.00301 e. The fourth-order valence-corrected chi connectivity index (χ4v) is 5.29. The predicted octanol–water partition coefficient (Wildman–Crippen LogP) is 8.61. The third-order valence-corrected chi connectivity index (χ3v) is 7.42. The Labute approximate surface area is 177 Å². The van der Waals surface area contributed by atoms with Crippen LogP contribution in [-0.4, -0.2) is 0 Å². The Morgan fingerprint density at radius 2 is 1.07 bits per heavy atom. The van der Waals surface area contributed by atoms with E-state index >= 15 is 0 Å². The van der Waals surface area contributed by atoms with Gasteiger partial charge in [-0.2, -0.15) is 0 Å². The lowest BCUT2D eigenvalue weighted by Gasteiger charge is -2.14. The van der Waals surface area contributed by atoms with Gasteiger partial charge >= 0.3 is 0 Å². The first-order chi connectivity index (χ1) is 14.1. The predicted molar refractivity (Wildman–Crippen MR) is 127 cm³/mol. The van der Waals surface area contributed by atoms with Gasteiger partial charge in [0, 0.05) is 11.8 Å². The van der Waals surface area contributed by atoms with Crippen molar-refractivity contribution in [1.82, 2.24) is 0 Å².